The summed E-state index contributed by atoms with van der Waals surface area (Å²) in [4.78, 5) is 3.71. The molecule has 0 spiro atoms. The van der Waals surface area contributed by atoms with E-state index in [9.17, 15) is 0 Å². The molecule has 19 heavy (non-hydrogen) atoms. The molecule has 108 valence electrons. The van der Waals surface area contributed by atoms with Gasteiger partial charge in [0, 0.05) is 30.6 Å². The molecule has 0 radical (unpaired) electrons. The quantitative estimate of drug-likeness (QED) is 0.854. The van der Waals surface area contributed by atoms with Crippen LogP contribution in [-0.4, -0.2) is 31.1 Å². The Morgan fingerprint density at radius 2 is 2.05 bits per heavy atom. The molecular formula is C15H25ClN2S. The van der Waals surface area contributed by atoms with E-state index in [2.05, 4.69) is 30.3 Å². The molecule has 1 aromatic rings. The molecule has 2 rings (SSSR count). The molecule has 1 N–H and O–H groups in total. The van der Waals surface area contributed by atoms with E-state index in [1.807, 2.05) is 6.07 Å². The predicted molar refractivity (Wildman–Crippen MR) is 85.1 cm³/mol. The Labute approximate surface area is 126 Å². The monoisotopic (exact) mass is 300 g/mol. The molecule has 2 nitrogen and oxygen atoms in total. The van der Waals surface area contributed by atoms with Crippen LogP contribution in [0, 0.1) is 5.92 Å². The average molecular weight is 301 g/mol. The van der Waals surface area contributed by atoms with Crippen LogP contribution in [0.25, 0.3) is 0 Å². The highest BCUT2D eigenvalue weighted by Gasteiger charge is 2.17. The molecule has 1 fully saturated rings. The van der Waals surface area contributed by atoms with Crippen molar-refractivity contribution in [2.45, 2.75) is 45.2 Å². The highest BCUT2D eigenvalue weighted by atomic mass is 35.5. The molecule has 0 aliphatic heterocycles. The van der Waals surface area contributed by atoms with Crippen LogP contribution in [0.1, 0.15) is 37.5 Å². The minimum absolute atomic E-state index is 0.751. The Bertz CT molecular complexity index is 372. The summed E-state index contributed by atoms with van der Waals surface area (Å²) in [5.74, 6) is 0.935. The number of halogens is 1. The number of nitrogens with zero attached hydrogens (tertiary/aromatic N) is 1. The first-order valence-corrected chi connectivity index (χ1v) is 8.49. The number of nitrogens with one attached hydrogen (secondary N) is 1. The predicted octanol–water partition coefficient (Wildman–Crippen LogP) is 4.00. The zero-order valence-corrected chi connectivity index (χ0v) is 13.6. The molecule has 0 amide bonds. The van der Waals surface area contributed by atoms with E-state index in [0.29, 0.717) is 0 Å². The van der Waals surface area contributed by atoms with Crippen LogP contribution >= 0.6 is 22.9 Å². The van der Waals surface area contributed by atoms with Crippen molar-refractivity contribution in [3.8, 4) is 0 Å². The lowest BCUT2D eigenvalue weighted by molar-refractivity contribution is 0.280. The minimum Gasteiger partial charge on any atom is -0.313 e. The summed E-state index contributed by atoms with van der Waals surface area (Å²) < 4.78 is 0.887. The Morgan fingerprint density at radius 3 is 2.68 bits per heavy atom. The SMILES string of the molecule is CC1CCC(NCCN(C)Cc2ccc(Cl)s2)CC1. The fraction of sp³-hybridized carbons (Fsp3) is 0.733. The van der Waals surface area contributed by atoms with Gasteiger partial charge in [0.15, 0.2) is 0 Å². The minimum atomic E-state index is 0.751. The van der Waals surface area contributed by atoms with Crippen LogP contribution in [0.2, 0.25) is 4.34 Å². The van der Waals surface area contributed by atoms with Crippen molar-refractivity contribution in [3.05, 3.63) is 21.3 Å². The number of hydrogen-bond acceptors (Lipinski definition) is 3. The molecule has 0 atom stereocenters. The molecule has 0 bridgehead atoms. The van der Waals surface area contributed by atoms with E-state index >= 15 is 0 Å². The van der Waals surface area contributed by atoms with Crippen molar-refractivity contribution in [3.63, 3.8) is 0 Å². The van der Waals surface area contributed by atoms with Gasteiger partial charge in [-0.2, -0.15) is 0 Å². The van der Waals surface area contributed by atoms with E-state index in [0.717, 1.165) is 35.9 Å². The molecular weight excluding hydrogens is 276 g/mol. The summed E-state index contributed by atoms with van der Waals surface area (Å²) in [6, 6.07) is 4.86. The first-order valence-electron chi connectivity index (χ1n) is 7.29. The van der Waals surface area contributed by atoms with Gasteiger partial charge in [0.2, 0.25) is 0 Å². The van der Waals surface area contributed by atoms with Crippen molar-refractivity contribution in [2.24, 2.45) is 5.92 Å². The molecule has 0 unspecified atom stereocenters. The third kappa shape index (κ3) is 5.42. The second-order valence-electron chi connectivity index (χ2n) is 5.85. The van der Waals surface area contributed by atoms with E-state index < -0.39 is 0 Å². The van der Waals surface area contributed by atoms with Crippen molar-refractivity contribution in [1.29, 1.82) is 0 Å². The molecule has 0 saturated heterocycles. The normalized spacial score (nSPS) is 24.0. The Kier molecular flexibility index (Phi) is 6.14. The summed E-state index contributed by atoms with van der Waals surface area (Å²) in [5.41, 5.74) is 0. The van der Waals surface area contributed by atoms with Gasteiger partial charge in [-0.1, -0.05) is 18.5 Å². The lowest BCUT2D eigenvalue weighted by Gasteiger charge is -2.27. The van der Waals surface area contributed by atoms with Gasteiger partial charge in [0.1, 0.15) is 0 Å². The van der Waals surface area contributed by atoms with Gasteiger partial charge >= 0.3 is 0 Å². The van der Waals surface area contributed by atoms with Gasteiger partial charge in [0.25, 0.3) is 0 Å². The third-order valence-electron chi connectivity index (χ3n) is 4.00. The maximum Gasteiger partial charge on any atom is 0.0931 e. The summed E-state index contributed by atoms with van der Waals surface area (Å²) in [5, 5.41) is 3.70. The van der Waals surface area contributed by atoms with Gasteiger partial charge in [-0.3, -0.25) is 0 Å². The summed E-state index contributed by atoms with van der Waals surface area (Å²) >= 11 is 7.63. The fourth-order valence-electron chi connectivity index (χ4n) is 2.71. The van der Waals surface area contributed by atoms with Crippen molar-refractivity contribution in [2.75, 3.05) is 20.1 Å². The van der Waals surface area contributed by atoms with Gasteiger partial charge in [0.05, 0.1) is 4.34 Å². The number of likely N-dealkylation sites (N-methyl/N-ethyl adjacent to an activating group) is 1. The number of hydrogen-bond donors (Lipinski definition) is 1. The van der Waals surface area contributed by atoms with Crippen molar-refractivity contribution < 1.29 is 0 Å². The van der Waals surface area contributed by atoms with Crippen LogP contribution in [0.5, 0.6) is 0 Å². The zero-order chi connectivity index (χ0) is 13.7. The molecule has 0 aromatic carbocycles. The van der Waals surface area contributed by atoms with Crippen LogP contribution in [0.4, 0.5) is 0 Å². The molecule has 1 heterocycles. The molecule has 1 aliphatic carbocycles. The van der Waals surface area contributed by atoms with E-state index in [4.69, 9.17) is 11.6 Å². The van der Waals surface area contributed by atoms with Gasteiger partial charge in [-0.15, -0.1) is 11.3 Å². The highest BCUT2D eigenvalue weighted by Crippen LogP contribution is 2.23. The third-order valence-corrected chi connectivity index (χ3v) is 5.21. The molecule has 1 saturated carbocycles. The molecule has 1 aliphatic rings. The summed E-state index contributed by atoms with van der Waals surface area (Å²) in [6.07, 6.45) is 5.49. The standard InChI is InChI=1S/C15H25ClN2S/c1-12-3-5-13(6-4-12)17-9-10-18(2)11-14-7-8-15(16)19-14/h7-8,12-13,17H,3-6,9-11H2,1-2H3. The largest absolute Gasteiger partial charge is 0.313 e. The number of rotatable bonds is 6. The van der Waals surface area contributed by atoms with Gasteiger partial charge in [-0.25, -0.2) is 0 Å². The topological polar surface area (TPSA) is 15.3 Å². The maximum absolute atomic E-state index is 5.95. The second-order valence-corrected chi connectivity index (χ2v) is 7.65. The summed E-state index contributed by atoms with van der Waals surface area (Å²) in [6.45, 7) is 5.56. The van der Waals surface area contributed by atoms with Crippen LogP contribution in [0.3, 0.4) is 0 Å². The lowest BCUT2D eigenvalue weighted by atomic mass is 9.87. The smallest absolute Gasteiger partial charge is 0.0931 e. The van der Waals surface area contributed by atoms with E-state index in [1.54, 1.807) is 11.3 Å². The zero-order valence-electron chi connectivity index (χ0n) is 12.0. The van der Waals surface area contributed by atoms with Gasteiger partial charge in [-0.05, 0) is 50.8 Å². The second kappa shape index (κ2) is 7.63. The first-order chi connectivity index (χ1) is 9.13. The van der Waals surface area contributed by atoms with Crippen molar-refractivity contribution >= 4 is 22.9 Å². The average Bonchev–Trinajstić information content (AvgIpc) is 2.77. The Morgan fingerprint density at radius 1 is 1.32 bits per heavy atom. The van der Waals surface area contributed by atoms with E-state index in [-0.39, 0.29) is 0 Å². The fourth-order valence-corrected chi connectivity index (χ4v) is 3.87. The lowest BCUT2D eigenvalue weighted by Crippen LogP contribution is -2.37. The Hall–Kier alpha value is -0.0900. The van der Waals surface area contributed by atoms with E-state index in [1.165, 1.54) is 30.6 Å². The molecule has 4 heteroatoms. The van der Waals surface area contributed by atoms with Crippen LogP contribution in [-0.2, 0) is 6.54 Å². The maximum atomic E-state index is 5.95. The van der Waals surface area contributed by atoms with Crippen molar-refractivity contribution in [1.82, 2.24) is 10.2 Å². The number of thiophene rings is 1. The summed E-state index contributed by atoms with van der Waals surface area (Å²) in [7, 11) is 2.18. The molecule has 1 aromatic heterocycles. The Balaban J connectivity index is 1.60. The van der Waals surface area contributed by atoms with Crippen LogP contribution in [0.15, 0.2) is 12.1 Å². The first kappa shape index (κ1) is 15.3. The van der Waals surface area contributed by atoms with Crippen LogP contribution < -0.4 is 5.32 Å². The highest BCUT2D eigenvalue weighted by molar-refractivity contribution is 7.16. The van der Waals surface area contributed by atoms with Gasteiger partial charge < -0.3 is 10.2 Å².